The zero-order chi connectivity index (χ0) is 17.9. The first-order valence-electron chi connectivity index (χ1n) is 9.66. The molecule has 1 amide bonds. The topological polar surface area (TPSA) is 32.3 Å². The maximum atomic E-state index is 12.5. The lowest BCUT2D eigenvalue weighted by Gasteiger charge is -2.32. The molecule has 0 radical (unpaired) electrons. The molecular weight excluding hydrogens is 328 g/mol. The van der Waals surface area contributed by atoms with Crippen molar-refractivity contribution in [1.29, 1.82) is 0 Å². The number of hydrogen-bond acceptors (Lipinski definition) is 3. The van der Waals surface area contributed by atoms with Crippen molar-refractivity contribution in [2.45, 2.75) is 62.8 Å². The summed E-state index contributed by atoms with van der Waals surface area (Å²) in [5.41, 5.74) is 1.51. The number of nitrogens with one attached hydrogen (secondary N) is 1. The molecule has 1 N–H and O–H groups in total. The van der Waals surface area contributed by atoms with Crippen LogP contribution >= 0.6 is 11.8 Å². The van der Waals surface area contributed by atoms with E-state index in [0.717, 1.165) is 31.8 Å². The quantitative estimate of drug-likeness (QED) is 0.776. The van der Waals surface area contributed by atoms with Crippen LogP contribution in [0.3, 0.4) is 0 Å². The number of hydrogen-bond donors (Lipinski definition) is 1. The summed E-state index contributed by atoms with van der Waals surface area (Å²) in [5, 5.41) is 3.68. The third-order valence-corrected chi connectivity index (χ3v) is 6.32. The summed E-state index contributed by atoms with van der Waals surface area (Å²) in [6.45, 7) is 9.67. The summed E-state index contributed by atoms with van der Waals surface area (Å²) in [5.74, 6) is 1.76. The molecule has 1 aromatic carbocycles. The Morgan fingerprint density at radius 3 is 2.32 bits per heavy atom. The third kappa shape index (κ3) is 5.75. The number of carbonyl (C=O) groups is 1. The average molecular weight is 361 g/mol. The molecule has 2 fully saturated rings. The molecule has 1 heterocycles. The molecule has 1 saturated carbocycles. The third-order valence-electron chi connectivity index (χ3n) is 5.32. The van der Waals surface area contributed by atoms with Crippen LogP contribution in [-0.2, 0) is 10.2 Å². The van der Waals surface area contributed by atoms with Gasteiger partial charge in [0.2, 0.25) is 5.91 Å². The highest BCUT2D eigenvalue weighted by Gasteiger charge is 2.25. The van der Waals surface area contributed by atoms with Crippen LogP contribution in [0.5, 0.6) is 0 Å². The fourth-order valence-electron chi connectivity index (χ4n) is 3.28. The van der Waals surface area contributed by atoms with E-state index < -0.39 is 0 Å². The first-order valence-corrected chi connectivity index (χ1v) is 10.6. The van der Waals surface area contributed by atoms with E-state index in [0.29, 0.717) is 11.8 Å². The van der Waals surface area contributed by atoms with E-state index in [9.17, 15) is 4.79 Å². The molecule has 138 valence electrons. The number of thioether (sulfide) groups is 1. The highest BCUT2D eigenvalue weighted by atomic mass is 32.2. The molecule has 1 aliphatic carbocycles. The summed E-state index contributed by atoms with van der Waals surface area (Å²) in [7, 11) is 0. The van der Waals surface area contributed by atoms with Crippen LogP contribution in [-0.4, -0.2) is 42.2 Å². The number of rotatable bonds is 6. The van der Waals surface area contributed by atoms with Gasteiger partial charge in [-0.3, -0.25) is 4.79 Å². The maximum Gasteiger partial charge on any atom is 0.232 e. The highest BCUT2D eigenvalue weighted by Crippen LogP contribution is 2.28. The number of benzene rings is 1. The van der Waals surface area contributed by atoms with E-state index >= 15 is 0 Å². The van der Waals surface area contributed by atoms with E-state index in [1.54, 1.807) is 11.8 Å². The summed E-state index contributed by atoms with van der Waals surface area (Å²) in [4.78, 5) is 15.7. The zero-order valence-electron chi connectivity index (χ0n) is 15.9. The van der Waals surface area contributed by atoms with Crippen molar-refractivity contribution in [3.05, 3.63) is 29.8 Å². The predicted octanol–water partition coefficient (Wildman–Crippen LogP) is 4.07. The van der Waals surface area contributed by atoms with Gasteiger partial charge in [0.25, 0.3) is 0 Å². The van der Waals surface area contributed by atoms with Gasteiger partial charge in [-0.2, -0.15) is 0 Å². The van der Waals surface area contributed by atoms with Crippen molar-refractivity contribution in [3.63, 3.8) is 0 Å². The minimum absolute atomic E-state index is 0.177. The standard InChI is InChI=1S/C21H32N2OS/c1-21(2,3)17-6-8-19(9-7-17)25-15-20(24)23-12-10-18(11-13-23)22-14-16-4-5-16/h6-9,16,18,22H,4-5,10-15H2,1-3H3. The molecule has 2 aliphatic rings. The van der Waals surface area contributed by atoms with Crippen molar-refractivity contribution >= 4 is 17.7 Å². The van der Waals surface area contributed by atoms with Gasteiger partial charge in [0, 0.05) is 24.0 Å². The van der Waals surface area contributed by atoms with Gasteiger partial charge in [-0.25, -0.2) is 0 Å². The average Bonchev–Trinajstić information content (AvgIpc) is 3.42. The Labute approximate surface area is 156 Å². The zero-order valence-corrected chi connectivity index (χ0v) is 16.7. The van der Waals surface area contributed by atoms with E-state index in [1.807, 2.05) is 4.90 Å². The summed E-state index contributed by atoms with van der Waals surface area (Å²) >= 11 is 1.66. The number of likely N-dealkylation sites (tertiary alicyclic amines) is 1. The second-order valence-corrected chi connectivity index (χ2v) is 9.62. The molecule has 0 unspecified atom stereocenters. The molecule has 1 saturated heterocycles. The Balaban J connectivity index is 1.39. The van der Waals surface area contributed by atoms with Gasteiger partial charge in [0.15, 0.2) is 0 Å². The Morgan fingerprint density at radius 1 is 1.12 bits per heavy atom. The summed E-state index contributed by atoms with van der Waals surface area (Å²) in [6.07, 6.45) is 5.00. The van der Waals surface area contributed by atoms with Gasteiger partial charge in [0.05, 0.1) is 5.75 Å². The van der Waals surface area contributed by atoms with Crippen LogP contribution in [0.15, 0.2) is 29.2 Å². The van der Waals surface area contributed by atoms with Crippen molar-refractivity contribution in [3.8, 4) is 0 Å². The second-order valence-electron chi connectivity index (χ2n) is 8.57. The summed E-state index contributed by atoms with van der Waals surface area (Å²) in [6, 6.07) is 9.27. The fraction of sp³-hybridized carbons (Fsp3) is 0.667. The van der Waals surface area contributed by atoms with Crippen LogP contribution < -0.4 is 5.32 Å². The number of nitrogens with zero attached hydrogens (tertiary/aromatic N) is 1. The molecule has 0 spiro atoms. The molecule has 1 aliphatic heterocycles. The van der Waals surface area contributed by atoms with Gasteiger partial charge in [0.1, 0.15) is 0 Å². The molecule has 1 aromatic rings. The number of carbonyl (C=O) groups excluding carboxylic acids is 1. The lowest BCUT2D eigenvalue weighted by molar-refractivity contribution is -0.129. The SMILES string of the molecule is CC(C)(C)c1ccc(SCC(=O)N2CCC(NCC3CC3)CC2)cc1. The normalized spacial score (nSPS) is 19.2. The van der Waals surface area contributed by atoms with Crippen LogP contribution in [0.2, 0.25) is 0 Å². The van der Waals surface area contributed by atoms with Gasteiger partial charge < -0.3 is 10.2 Å². The first kappa shape index (κ1) is 18.8. The molecule has 25 heavy (non-hydrogen) atoms. The van der Waals surface area contributed by atoms with Gasteiger partial charge >= 0.3 is 0 Å². The predicted molar refractivity (Wildman–Crippen MR) is 106 cm³/mol. The van der Waals surface area contributed by atoms with Crippen LogP contribution in [0.25, 0.3) is 0 Å². The summed E-state index contributed by atoms with van der Waals surface area (Å²) < 4.78 is 0. The Morgan fingerprint density at radius 2 is 1.76 bits per heavy atom. The van der Waals surface area contributed by atoms with Crippen molar-refractivity contribution in [2.75, 3.05) is 25.4 Å². The van der Waals surface area contributed by atoms with Crippen molar-refractivity contribution in [1.82, 2.24) is 10.2 Å². The molecule has 0 aromatic heterocycles. The number of piperidine rings is 1. The van der Waals surface area contributed by atoms with Crippen LogP contribution in [0.4, 0.5) is 0 Å². The molecule has 0 atom stereocenters. The van der Waals surface area contributed by atoms with Crippen molar-refractivity contribution < 1.29 is 4.79 Å². The van der Waals surface area contributed by atoms with Gasteiger partial charge in [-0.1, -0.05) is 32.9 Å². The minimum Gasteiger partial charge on any atom is -0.342 e. The van der Waals surface area contributed by atoms with E-state index in [4.69, 9.17) is 0 Å². The molecular formula is C21H32N2OS. The van der Waals surface area contributed by atoms with Crippen LogP contribution in [0, 0.1) is 5.92 Å². The fourth-order valence-corrected chi connectivity index (χ4v) is 4.08. The monoisotopic (exact) mass is 360 g/mol. The largest absolute Gasteiger partial charge is 0.342 e. The highest BCUT2D eigenvalue weighted by molar-refractivity contribution is 8.00. The maximum absolute atomic E-state index is 12.5. The molecule has 4 heteroatoms. The smallest absolute Gasteiger partial charge is 0.232 e. The lowest BCUT2D eigenvalue weighted by atomic mass is 9.87. The van der Waals surface area contributed by atoms with E-state index in [1.165, 1.54) is 29.8 Å². The minimum atomic E-state index is 0.177. The Hall–Kier alpha value is -1.00. The van der Waals surface area contributed by atoms with E-state index in [2.05, 4.69) is 50.4 Å². The number of amides is 1. The Kier molecular flexibility index (Phi) is 6.11. The lowest BCUT2D eigenvalue weighted by Crippen LogP contribution is -2.45. The molecule has 3 rings (SSSR count). The van der Waals surface area contributed by atoms with Crippen molar-refractivity contribution in [2.24, 2.45) is 5.92 Å². The Bertz CT molecular complexity index is 567. The molecule has 0 bridgehead atoms. The van der Waals surface area contributed by atoms with E-state index in [-0.39, 0.29) is 11.3 Å². The van der Waals surface area contributed by atoms with Gasteiger partial charge in [-0.05, 0) is 61.3 Å². The first-order chi connectivity index (χ1) is 11.9. The second kappa shape index (κ2) is 8.13. The van der Waals surface area contributed by atoms with Crippen LogP contribution in [0.1, 0.15) is 52.0 Å². The molecule has 3 nitrogen and oxygen atoms in total. The van der Waals surface area contributed by atoms with Gasteiger partial charge in [-0.15, -0.1) is 11.8 Å².